The van der Waals surface area contributed by atoms with E-state index in [-0.39, 0.29) is 0 Å². The first kappa shape index (κ1) is 20.7. The molecule has 2 aromatic carbocycles. The van der Waals surface area contributed by atoms with Gasteiger partial charge in [0.15, 0.2) is 6.35 Å². The number of anilines is 1. The number of fused-ring (bicyclic) bond motifs is 1. The van der Waals surface area contributed by atoms with Gasteiger partial charge in [-0.25, -0.2) is 0 Å². The van der Waals surface area contributed by atoms with Crippen LogP contribution in [0.4, 0.5) is 5.69 Å². The lowest BCUT2D eigenvalue weighted by atomic mass is 10.1. The van der Waals surface area contributed by atoms with Crippen LogP contribution in [-0.4, -0.2) is 29.7 Å². The van der Waals surface area contributed by atoms with E-state index in [0.717, 1.165) is 53.0 Å². The number of nitrogens with one attached hydrogen (secondary N) is 2. The molecule has 0 aliphatic heterocycles. The Morgan fingerprint density at radius 2 is 1.93 bits per heavy atom. The first-order valence-electron chi connectivity index (χ1n) is 10.0. The van der Waals surface area contributed by atoms with Gasteiger partial charge in [0.05, 0.1) is 23.9 Å². The first-order chi connectivity index (χ1) is 14.1. The molecule has 0 amide bonds. The highest BCUT2D eigenvalue weighted by Gasteiger charge is 2.19. The van der Waals surface area contributed by atoms with Crippen LogP contribution >= 0.6 is 0 Å². The number of hydrogen-bond acceptors (Lipinski definition) is 5. The van der Waals surface area contributed by atoms with Gasteiger partial charge in [0.1, 0.15) is 11.8 Å². The summed E-state index contributed by atoms with van der Waals surface area (Å²) in [5, 5.41) is 26.6. The largest absolute Gasteiger partial charge is 0.497 e. The lowest BCUT2D eigenvalue weighted by Gasteiger charge is -2.15. The smallest absolute Gasteiger partial charge is 0.181 e. The van der Waals surface area contributed by atoms with Gasteiger partial charge in [-0.05, 0) is 42.8 Å². The molecule has 1 aromatic heterocycles. The van der Waals surface area contributed by atoms with Gasteiger partial charge in [0, 0.05) is 23.7 Å². The highest BCUT2D eigenvalue weighted by Crippen LogP contribution is 2.36. The van der Waals surface area contributed by atoms with E-state index in [2.05, 4.69) is 28.2 Å². The van der Waals surface area contributed by atoms with Crippen LogP contribution in [-0.2, 0) is 6.54 Å². The number of nitriles is 1. The van der Waals surface area contributed by atoms with Crippen molar-refractivity contribution in [1.82, 2.24) is 9.88 Å². The Morgan fingerprint density at radius 1 is 1.17 bits per heavy atom. The maximum atomic E-state index is 9.93. The number of unbranched alkanes of at least 4 members (excludes halogenated alkanes) is 1. The number of rotatable bonds is 9. The molecule has 6 nitrogen and oxygen atoms in total. The third-order valence-electron chi connectivity index (χ3n) is 4.98. The van der Waals surface area contributed by atoms with Gasteiger partial charge in [-0.2, -0.15) is 5.26 Å². The minimum Gasteiger partial charge on any atom is -0.497 e. The Balaban J connectivity index is 2.08. The summed E-state index contributed by atoms with van der Waals surface area (Å²) in [6, 6.07) is 16.1. The Labute approximate surface area is 171 Å². The lowest BCUT2D eigenvalue weighted by molar-refractivity contribution is 0.168. The van der Waals surface area contributed by atoms with Gasteiger partial charge in [0.25, 0.3) is 0 Å². The molecule has 0 saturated heterocycles. The number of nitrogens with zero attached hydrogens (tertiary/aromatic N) is 2. The molecule has 6 heteroatoms. The number of aliphatic hydroxyl groups excluding tert-OH is 1. The van der Waals surface area contributed by atoms with Gasteiger partial charge in [0.2, 0.25) is 0 Å². The topological polar surface area (TPSA) is 82.2 Å². The van der Waals surface area contributed by atoms with E-state index in [4.69, 9.17) is 4.74 Å². The van der Waals surface area contributed by atoms with E-state index in [1.54, 1.807) is 7.11 Å². The average Bonchev–Trinajstić information content (AvgIpc) is 3.05. The van der Waals surface area contributed by atoms with E-state index in [1.807, 2.05) is 49.4 Å². The molecule has 29 heavy (non-hydrogen) atoms. The number of methoxy groups -OCH3 is 1. The zero-order valence-electron chi connectivity index (χ0n) is 17.2. The Kier molecular flexibility index (Phi) is 6.76. The fourth-order valence-corrected chi connectivity index (χ4v) is 3.54. The summed E-state index contributed by atoms with van der Waals surface area (Å²) in [6.07, 6.45) is 1.28. The molecule has 152 valence electrons. The zero-order chi connectivity index (χ0) is 20.8. The first-order valence-corrected chi connectivity index (χ1v) is 10.0. The molecule has 1 heterocycles. The third-order valence-corrected chi connectivity index (χ3v) is 4.98. The summed E-state index contributed by atoms with van der Waals surface area (Å²) >= 11 is 0. The second-order valence-electron chi connectivity index (χ2n) is 6.91. The average molecular weight is 393 g/mol. The van der Waals surface area contributed by atoms with Crippen LogP contribution in [0.3, 0.4) is 0 Å². The van der Waals surface area contributed by atoms with E-state index in [1.165, 1.54) is 0 Å². The highest BCUT2D eigenvalue weighted by atomic mass is 16.5. The van der Waals surface area contributed by atoms with Crippen molar-refractivity contribution in [2.24, 2.45) is 0 Å². The summed E-state index contributed by atoms with van der Waals surface area (Å²) in [5.41, 5.74) is 4.37. The van der Waals surface area contributed by atoms with Crippen molar-refractivity contribution in [3.8, 4) is 23.1 Å². The maximum Gasteiger partial charge on any atom is 0.181 e. The molecule has 0 aliphatic carbocycles. The molecular formula is C23H28N4O2. The van der Waals surface area contributed by atoms with Crippen LogP contribution in [0.25, 0.3) is 22.2 Å². The zero-order valence-corrected chi connectivity index (χ0v) is 17.2. The fourth-order valence-electron chi connectivity index (χ4n) is 3.54. The van der Waals surface area contributed by atoms with E-state index in [9.17, 15) is 10.4 Å². The number of benzene rings is 2. The number of ether oxygens (including phenoxy) is 1. The van der Waals surface area contributed by atoms with Crippen LogP contribution in [0.15, 0.2) is 42.5 Å². The van der Waals surface area contributed by atoms with Gasteiger partial charge in [-0.3, -0.25) is 5.32 Å². The highest BCUT2D eigenvalue weighted by molar-refractivity contribution is 5.95. The third kappa shape index (κ3) is 4.37. The lowest BCUT2D eigenvalue weighted by Crippen LogP contribution is -2.35. The van der Waals surface area contributed by atoms with E-state index < -0.39 is 6.35 Å². The van der Waals surface area contributed by atoms with Crippen LogP contribution in [0, 0.1) is 11.3 Å². The molecular weight excluding hydrogens is 364 g/mol. The predicted octanol–water partition coefficient (Wildman–Crippen LogP) is 4.29. The second kappa shape index (κ2) is 9.46. The van der Waals surface area contributed by atoms with Gasteiger partial charge >= 0.3 is 0 Å². The predicted molar refractivity (Wildman–Crippen MR) is 117 cm³/mol. The fraction of sp³-hybridized carbons (Fsp3) is 0.348. The van der Waals surface area contributed by atoms with Crippen molar-refractivity contribution in [2.45, 2.75) is 39.6 Å². The Bertz CT molecular complexity index is 1000. The summed E-state index contributed by atoms with van der Waals surface area (Å²) < 4.78 is 7.63. The van der Waals surface area contributed by atoms with Crippen molar-refractivity contribution in [3.05, 3.63) is 48.0 Å². The van der Waals surface area contributed by atoms with Crippen molar-refractivity contribution < 1.29 is 9.84 Å². The normalized spacial score (nSPS) is 12.0. The van der Waals surface area contributed by atoms with Crippen LogP contribution in [0.5, 0.6) is 5.75 Å². The molecule has 3 aromatic rings. The Morgan fingerprint density at radius 3 is 2.55 bits per heavy atom. The molecule has 0 radical (unpaired) electrons. The van der Waals surface area contributed by atoms with E-state index >= 15 is 0 Å². The van der Waals surface area contributed by atoms with Crippen LogP contribution < -0.4 is 15.4 Å². The Hall–Kier alpha value is -3.01. The van der Waals surface area contributed by atoms with Crippen molar-refractivity contribution >= 4 is 16.6 Å². The van der Waals surface area contributed by atoms with Crippen molar-refractivity contribution in [2.75, 3.05) is 19.0 Å². The van der Waals surface area contributed by atoms with Crippen molar-refractivity contribution in [1.29, 1.82) is 5.26 Å². The minimum atomic E-state index is -0.802. The number of aliphatic hydroxyl groups is 1. The quantitative estimate of drug-likeness (QED) is 0.473. The minimum absolute atomic E-state index is 0.665. The molecule has 3 rings (SSSR count). The molecule has 3 N–H and O–H groups in total. The number of hydrogen-bond donors (Lipinski definition) is 3. The summed E-state index contributed by atoms with van der Waals surface area (Å²) in [7, 11) is 1.65. The van der Waals surface area contributed by atoms with Gasteiger partial charge < -0.3 is 19.7 Å². The summed E-state index contributed by atoms with van der Waals surface area (Å²) in [4.78, 5) is 0. The molecule has 0 bridgehead atoms. The maximum absolute atomic E-state index is 9.93. The van der Waals surface area contributed by atoms with Gasteiger partial charge in [-0.1, -0.05) is 32.4 Å². The van der Waals surface area contributed by atoms with Crippen LogP contribution in [0.1, 0.15) is 32.3 Å². The molecule has 1 atom stereocenters. The molecule has 1 unspecified atom stereocenters. The SMILES string of the molecule is CCCCn1c(-c2ccc(NC(O)NCC)cc2)c(C#N)c2ccc(OC)cc21. The summed E-state index contributed by atoms with van der Waals surface area (Å²) in [6.45, 7) is 5.59. The molecule has 0 spiro atoms. The number of aromatic nitrogens is 1. The van der Waals surface area contributed by atoms with Crippen LogP contribution in [0.2, 0.25) is 0 Å². The van der Waals surface area contributed by atoms with E-state index in [0.29, 0.717) is 12.1 Å². The molecule has 0 aliphatic rings. The summed E-state index contributed by atoms with van der Waals surface area (Å²) in [5.74, 6) is 0.778. The monoisotopic (exact) mass is 392 g/mol. The number of aryl methyl sites for hydroxylation is 1. The molecule has 0 fully saturated rings. The standard InChI is InChI=1S/C23H28N4O2/c1-4-6-13-27-21-14-18(29-3)11-12-19(21)20(15-24)22(27)16-7-9-17(10-8-16)26-23(28)25-5-2/h7-12,14,23,25-26,28H,4-6,13H2,1-3H3. The second-order valence-corrected chi connectivity index (χ2v) is 6.91. The van der Waals surface area contributed by atoms with Crippen molar-refractivity contribution in [3.63, 3.8) is 0 Å². The molecule has 0 saturated carbocycles. The van der Waals surface area contributed by atoms with Gasteiger partial charge in [-0.15, -0.1) is 0 Å².